The number of hydrogen-bond donors (Lipinski definition) is 1. The van der Waals surface area contributed by atoms with Gasteiger partial charge in [-0.3, -0.25) is 14.9 Å². The van der Waals surface area contributed by atoms with Gasteiger partial charge < -0.3 is 10.1 Å². The van der Waals surface area contributed by atoms with Crippen LogP contribution in [-0.2, 0) is 14.8 Å². The molecule has 28 heavy (non-hydrogen) atoms. The third-order valence-electron chi connectivity index (χ3n) is 3.74. The first-order chi connectivity index (χ1) is 13.1. The minimum Gasteiger partial charge on any atom is -0.495 e. The largest absolute Gasteiger partial charge is 0.495 e. The number of non-ortho nitro benzene ring substituents is 1. The molecule has 2 rings (SSSR count). The highest BCUT2D eigenvalue weighted by Crippen LogP contribution is 2.28. The van der Waals surface area contributed by atoms with E-state index in [1.807, 2.05) is 0 Å². The van der Waals surface area contributed by atoms with Crippen molar-refractivity contribution in [3.63, 3.8) is 0 Å². The van der Waals surface area contributed by atoms with Gasteiger partial charge in [0.1, 0.15) is 5.75 Å². The number of nitrogens with zero attached hydrogens (tertiary/aromatic N) is 2. The van der Waals surface area contributed by atoms with E-state index in [-0.39, 0.29) is 16.3 Å². The van der Waals surface area contributed by atoms with Crippen LogP contribution in [0.4, 0.5) is 11.4 Å². The SMILES string of the molecule is COc1ccc(S(=O)(=O)N(C)C)cc1NC(=O)/C=C/c1ccc([N+](=O)[O-])cc1. The highest BCUT2D eigenvalue weighted by molar-refractivity contribution is 7.89. The van der Waals surface area contributed by atoms with Crippen molar-refractivity contribution >= 4 is 33.4 Å². The summed E-state index contributed by atoms with van der Waals surface area (Å²) in [6.07, 6.45) is 2.71. The first-order valence-electron chi connectivity index (χ1n) is 7.99. The van der Waals surface area contributed by atoms with E-state index in [2.05, 4.69) is 5.32 Å². The molecule has 0 spiro atoms. The quantitative estimate of drug-likeness (QED) is 0.429. The van der Waals surface area contributed by atoms with Crippen LogP contribution < -0.4 is 10.1 Å². The molecule has 2 aromatic carbocycles. The Hall–Kier alpha value is -3.24. The maximum Gasteiger partial charge on any atom is 0.269 e. The average molecular weight is 405 g/mol. The van der Waals surface area contributed by atoms with E-state index in [1.54, 1.807) is 0 Å². The lowest BCUT2D eigenvalue weighted by atomic mass is 10.2. The van der Waals surface area contributed by atoms with Gasteiger partial charge in [0.05, 0.1) is 22.6 Å². The molecule has 0 bridgehead atoms. The minimum atomic E-state index is -3.67. The number of rotatable bonds is 7. The van der Waals surface area contributed by atoms with Gasteiger partial charge in [-0.1, -0.05) is 0 Å². The van der Waals surface area contributed by atoms with Gasteiger partial charge in [-0.05, 0) is 42.0 Å². The highest BCUT2D eigenvalue weighted by Gasteiger charge is 2.19. The van der Waals surface area contributed by atoms with E-state index in [4.69, 9.17) is 4.74 Å². The topological polar surface area (TPSA) is 119 Å². The molecule has 2 aromatic rings. The van der Waals surface area contributed by atoms with E-state index in [0.29, 0.717) is 11.3 Å². The van der Waals surface area contributed by atoms with Crippen LogP contribution in [0.1, 0.15) is 5.56 Å². The van der Waals surface area contributed by atoms with Gasteiger partial charge in [0, 0.05) is 32.3 Å². The molecule has 0 atom stereocenters. The number of hydrogen-bond acceptors (Lipinski definition) is 6. The lowest BCUT2D eigenvalue weighted by molar-refractivity contribution is -0.384. The van der Waals surface area contributed by atoms with Crippen LogP contribution >= 0.6 is 0 Å². The number of anilines is 1. The summed E-state index contributed by atoms with van der Waals surface area (Å²) in [5.74, 6) is -0.217. The molecule has 0 heterocycles. The van der Waals surface area contributed by atoms with Crippen molar-refractivity contribution in [2.24, 2.45) is 0 Å². The zero-order valence-electron chi connectivity index (χ0n) is 15.4. The summed E-state index contributed by atoms with van der Waals surface area (Å²) in [6.45, 7) is 0. The molecule has 0 aliphatic carbocycles. The number of amides is 1. The van der Waals surface area contributed by atoms with Crippen LogP contribution in [0.25, 0.3) is 6.08 Å². The number of nitro benzene ring substituents is 1. The average Bonchev–Trinajstić information content (AvgIpc) is 2.66. The van der Waals surface area contributed by atoms with Crippen LogP contribution in [0.3, 0.4) is 0 Å². The standard InChI is InChI=1S/C18H19N3O6S/c1-20(2)28(25,26)15-9-10-17(27-3)16(12-15)19-18(22)11-6-13-4-7-14(8-5-13)21(23)24/h4-12H,1-3H3,(H,19,22)/b11-6+. The van der Waals surface area contributed by atoms with Crippen molar-refractivity contribution < 1.29 is 22.9 Å². The monoisotopic (exact) mass is 405 g/mol. The summed E-state index contributed by atoms with van der Waals surface area (Å²) in [4.78, 5) is 22.3. The third kappa shape index (κ3) is 4.93. The Labute approximate surface area is 162 Å². The number of benzene rings is 2. The van der Waals surface area contributed by atoms with Gasteiger partial charge in [-0.25, -0.2) is 12.7 Å². The van der Waals surface area contributed by atoms with Gasteiger partial charge in [0.25, 0.3) is 5.69 Å². The second kappa shape index (κ2) is 8.63. The smallest absolute Gasteiger partial charge is 0.269 e. The Morgan fingerprint density at radius 2 is 1.82 bits per heavy atom. The van der Waals surface area contributed by atoms with Gasteiger partial charge in [-0.15, -0.1) is 0 Å². The lowest BCUT2D eigenvalue weighted by Gasteiger charge is -2.14. The van der Waals surface area contributed by atoms with Crippen molar-refractivity contribution in [2.75, 3.05) is 26.5 Å². The molecular weight excluding hydrogens is 386 g/mol. The van der Waals surface area contributed by atoms with Crippen LogP contribution in [0, 0.1) is 10.1 Å². The molecular formula is C18H19N3O6S. The number of nitrogens with one attached hydrogen (secondary N) is 1. The Kier molecular flexibility index (Phi) is 6.49. The Balaban J connectivity index is 2.21. The van der Waals surface area contributed by atoms with Crippen molar-refractivity contribution in [1.29, 1.82) is 0 Å². The third-order valence-corrected chi connectivity index (χ3v) is 5.55. The first-order valence-corrected chi connectivity index (χ1v) is 9.43. The molecule has 0 aliphatic heterocycles. The summed E-state index contributed by atoms with van der Waals surface area (Å²) in [6, 6.07) is 9.82. The van der Waals surface area contributed by atoms with E-state index in [1.165, 1.54) is 75.8 Å². The minimum absolute atomic E-state index is 0.00736. The fraction of sp³-hybridized carbons (Fsp3) is 0.167. The normalized spacial score (nSPS) is 11.6. The summed E-state index contributed by atoms with van der Waals surface area (Å²) in [7, 11) is 0.542. The number of sulfonamides is 1. The van der Waals surface area contributed by atoms with Gasteiger partial charge in [0.15, 0.2) is 0 Å². The molecule has 1 amide bonds. The predicted octanol–water partition coefficient (Wildman–Crippen LogP) is 2.51. The summed E-state index contributed by atoms with van der Waals surface area (Å²) in [5, 5.41) is 13.2. The number of ether oxygens (including phenoxy) is 1. The fourth-order valence-electron chi connectivity index (χ4n) is 2.21. The predicted molar refractivity (Wildman–Crippen MR) is 105 cm³/mol. The van der Waals surface area contributed by atoms with Gasteiger partial charge in [0.2, 0.25) is 15.9 Å². The molecule has 1 N–H and O–H groups in total. The highest BCUT2D eigenvalue weighted by atomic mass is 32.2. The summed E-state index contributed by atoms with van der Waals surface area (Å²) < 4.78 is 30.8. The molecule has 0 saturated heterocycles. The molecule has 10 heteroatoms. The summed E-state index contributed by atoms with van der Waals surface area (Å²) >= 11 is 0. The molecule has 0 fully saturated rings. The molecule has 0 radical (unpaired) electrons. The molecule has 9 nitrogen and oxygen atoms in total. The molecule has 0 aromatic heterocycles. The second-order valence-corrected chi connectivity index (χ2v) is 7.97. The second-order valence-electron chi connectivity index (χ2n) is 5.82. The molecule has 0 saturated carbocycles. The molecule has 0 unspecified atom stereocenters. The van der Waals surface area contributed by atoms with E-state index < -0.39 is 20.9 Å². The first kappa shape index (κ1) is 21.1. The van der Waals surface area contributed by atoms with Crippen molar-refractivity contribution in [3.05, 3.63) is 64.2 Å². The van der Waals surface area contributed by atoms with Crippen LogP contribution in [0.15, 0.2) is 53.4 Å². The number of carbonyl (C=O) groups excluding carboxylic acids is 1. The zero-order chi connectivity index (χ0) is 20.9. The molecule has 148 valence electrons. The van der Waals surface area contributed by atoms with Gasteiger partial charge in [-0.2, -0.15) is 0 Å². The van der Waals surface area contributed by atoms with Crippen molar-refractivity contribution in [2.45, 2.75) is 4.90 Å². The maximum absolute atomic E-state index is 12.3. The van der Waals surface area contributed by atoms with Gasteiger partial charge >= 0.3 is 0 Å². The van der Waals surface area contributed by atoms with Crippen LogP contribution in [0.2, 0.25) is 0 Å². The number of carbonyl (C=O) groups is 1. The maximum atomic E-state index is 12.3. The van der Waals surface area contributed by atoms with Crippen LogP contribution in [-0.4, -0.2) is 44.8 Å². The number of methoxy groups -OCH3 is 1. The van der Waals surface area contributed by atoms with Crippen LogP contribution in [0.5, 0.6) is 5.75 Å². The Morgan fingerprint density at radius 1 is 1.18 bits per heavy atom. The fourth-order valence-corrected chi connectivity index (χ4v) is 3.14. The lowest BCUT2D eigenvalue weighted by Crippen LogP contribution is -2.22. The van der Waals surface area contributed by atoms with E-state index in [0.717, 1.165) is 4.31 Å². The zero-order valence-corrected chi connectivity index (χ0v) is 16.3. The Bertz CT molecular complexity index is 1010. The van der Waals surface area contributed by atoms with E-state index in [9.17, 15) is 23.3 Å². The summed E-state index contributed by atoms with van der Waals surface area (Å²) in [5.41, 5.74) is 0.741. The van der Waals surface area contributed by atoms with Crippen molar-refractivity contribution in [3.8, 4) is 5.75 Å². The Morgan fingerprint density at radius 3 is 2.36 bits per heavy atom. The molecule has 0 aliphatic rings. The number of nitro groups is 1. The van der Waals surface area contributed by atoms with E-state index >= 15 is 0 Å². The van der Waals surface area contributed by atoms with Crippen molar-refractivity contribution in [1.82, 2.24) is 4.31 Å².